The number of benzene rings is 1. The third-order valence-electron chi connectivity index (χ3n) is 6.23. The highest BCUT2D eigenvalue weighted by molar-refractivity contribution is 5.79. The summed E-state index contributed by atoms with van der Waals surface area (Å²) in [5.74, 6) is 0.0561. The minimum atomic E-state index is -0.513. The van der Waals surface area contributed by atoms with Crippen molar-refractivity contribution >= 4 is 16.8 Å². The summed E-state index contributed by atoms with van der Waals surface area (Å²) in [5.41, 5.74) is 0.961. The highest BCUT2D eigenvalue weighted by atomic mass is 19.1. The maximum absolute atomic E-state index is 13.6. The topological polar surface area (TPSA) is 77.2 Å². The van der Waals surface area contributed by atoms with Crippen LogP contribution in [-0.2, 0) is 17.9 Å². The third-order valence-corrected chi connectivity index (χ3v) is 6.23. The Labute approximate surface area is 171 Å². The number of aromatic nitrogens is 3. The molecule has 2 atom stereocenters. The molecule has 0 aliphatic carbocycles. The van der Waals surface area contributed by atoms with Crippen LogP contribution in [0.2, 0.25) is 0 Å². The van der Waals surface area contributed by atoms with Gasteiger partial charge in [0.05, 0.1) is 10.9 Å². The van der Waals surface area contributed by atoms with Crippen LogP contribution in [0.1, 0.15) is 23.9 Å². The van der Waals surface area contributed by atoms with Crippen LogP contribution in [0, 0.1) is 18.7 Å². The van der Waals surface area contributed by atoms with Crippen LogP contribution in [0.25, 0.3) is 10.9 Å². The van der Waals surface area contributed by atoms with Crippen molar-refractivity contribution < 1.29 is 9.18 Å². The smallest absolute Gasteiger partial charge is 0.261 e. The van der Waals surface area contributed by atoms with Crippen molar-refractivity contribution in [2.75, 3.05) is 13.1 Å². The molecule has 2 bridgehead atoms. The molecule has 0 spiro atoms. The fourth-order valence-electron chi connectivity index (χ4n) is 4.83. The molecule has 2 aliphatic rings. The molecule has 1 saturated heterocycles. The summed E-state index contributed by atoms with van der Waals surface area (Å²) in [5, 5.41) is 0.164. The van der Waals surface area contributed by atoms with Crippen molar-refractivity contribution in [1.82, 2.24) is 19.0 Å². The molecule has 0 N–H and O–H groups in total. The van der Waals surface area contributed by atoms with Crippen LogP contribution in [-0.4, -0.2) is 38.0 Å². The molecule has 2 unspecified atom stereocenters. The molecule has 4 heterocycles. The van der Waals surface area contributed by atoms with E-state index >= 15 is 0 Å². The normalized spacial score (nSPS) is 20.3. The first kappa shape index (κ1) is 18.7. The van der Waals surface area contributed by atoms with E-state index in [1.807, 2.05) is 10.6 Å². The van der Waals surface area contributed by atoms with E-state index in [1.165, 1.54) is 16.7 Å². The number of fused-ring (bicyclic) bond motifs is 5. The van der Waals surface area contributed by atoms with Crippen LogP contribution in [0.4, 0.5) is 4.39 Å². The van der Waals surface area contributed by atoms with Gasteiger partial charge in [0.15, 0.2) is 0 Å². The minimum Gasteiger partial charge on any atom is -0.340 e. The van der Waals surface area contributed by atoms with Crippen LogP contribution in [0.15, 0.2) is 46.0 Å². The van der Waals surface area contributed by atoms with Crippen molar-refractivity contribution in [3.8, 4) is 0 Å². The number of piperidine rings is 1. The van der Waals surface area contributed by atoms with Gasteiger partial charge in [0.2, 0.25) is 5.91 Å². The molecule has 1 aromatic carbocycles. The third kappa shape index (κ3) is 3.03. The van der Waals surface area contributed by atoms with Crippen LogP contribution < -0.4 is 11.1 Å². The fourth-order valence-corrected chi connectivity index (χ4v) is 4.83. The molecule has 1 amide bonds. The van der Waals surface area contributed by atoms with Gasteiger partial charge in [0, 0.05) is 37.3 Å². The van der Waals surface area contributed by atoms with E-state index in [0.717, 1.165) is 18.2 Å². The van der Waals surface area contributed by atoms with Crippen molar-refractivity contribution in [2.45, 2.75) is 32.4 Å². The lowest BCUT2D eigenvalue weighted by Gasteiger charge is -2.42. The monoisotopic (exact) mass is 408 g/mol. The summed E-state index contributed by atoms with van der Waals surface area (Å²) in [6, 6.07) is 9.17. The predicted octanol–water partition coefficient (Wildman–Crippen LogP) is 1.65. The Bertz CT molecular complexity index is 1300. The summed E-state index contributed by atoms with van der Waals surface area (Å²) >= 11 is 0. The second-order valence-electron chi connectivity index (χ2n) is 8.21. The average molecular weight is 408 g/mol. The van der Waals surface area contributed by atoms with Crippen molar-refractivity contribution in [3.63, 3.8) is 0 Å². The molecule has 154 valence electrons. The zero-order valence-corrected chi connectivity index (χ0v) is 16.5. The summed E-state index contributed by atoms with van der Waals surface area (Å²) in [4.78, 5) is 44.3. The lowest BCUT2D eigenvalue weighted by molar-refractivity contribution is -0.134. The summed E-state index contributed by atoms with van der Waals surface area (Å²) < 4.78 is 16.7. The quantitative estimate of drug-likeness (QED) is 0.646. The van der Waals surface area contributed by atoms with Crippen molar-refractivity contribution in [2.24, 2.45) is 5.92 Å². The van der Waals surface area contributed by atoms with Gasteiger partial charge in [-0.25, -0.2) is 9.37 Å². The summed E-state index contributed by atoms with van der Waals surface area (Å²) in [7, 11) is 0. The Balaban J connectivity index is 1.43. The maximum Gasteiger partial charge on any atom is 0.261 e. The molecule has 1 fully saturated rings. The molecule has 5 rings (SSSR count). The van der Waals surface area contributed by atoms with Gasteiger partial charge in [0.25, 0.3) is 11.1 Å². The molecule has 0 radical (unpaired) electrons. The van der Waals surface area contributed by atoms with Gasteiger partial charge in [-0.2, -0.15) is 0 Å². The number of amides is 1. The van der Waals surface area contributed by atoms with Gasteiger partial charge in [-0.05, 0) is 43.5 Å². The van der Waals surface area contributed by atoms with E-state index < -0.39 is 11.4 Å². The van der Waals surface area contributed by atoms with E-state index in [1.54, 1.807) is 24.0 Å². The van der Waals surface area contributed by atoms with E-state index in [2.05, 4.69) is 4.98 Å². The summed E-state index contributed by atoms with van der Waals surface area (Å²) in [6.45, 7) is 3.21. The van der Waals surface area contributed by atoms with E-state index in [9.17, 15) is 18.8 Å². The van der Waals surface area contributed by atoms with Gasteiger partial charge in [-0.1, -0.05) is 6.07 Å². The first-order chi connectivity index (χ1) is 14.4. The highest BCUT2D eigenvalue weighted by Crippen LogP contribution is 2.35. The average Bonchev–Trinajstić information content (AvgIpc) is 2.72. The molecule has 2 aromatic heterocycles. The van der Waals surface area contributed by atoms with Gasteiger partial charge < -0.3 is 9.47 Å². The van der Waals surface area contributed by atoms with E-state index in [-0.39, 0.29) is 35.2 Å². The fraction of sp³-hybridized carbons (Fsp3) is 0.364. The molecule has 0 saturated carbocycles. The van der Waals surface area contributed by atoms with E-state index in [4.69, 9.17) is 0 Å². The zero-order valence-electron chi connectivity index (χ0n) is 16.5. The first-order valence-electron chi connectivity index (χ1n) is 10.0. The Hall–Kier alpha value is -3.29. The van der Waals surface area contributed by atoms with Crippen LogP contribution >= 0.6 is 0 Å². The lowest BCUT2D eigenvalue weighted by atomic mass is 9.83. The number of pyridine rings is 1. The number of likely N-dealkylation sites (tertiary alicyclic amines) is 1. The standard InChI is InChI=1S/C22H21FN4O3/c1-13-24-18-6-5-16(23)8-17(18)22(30)26(13)12-21(29)25-9-14-7-15(11-25)19-3-2-4-20(28)27(19)10-14/h2-6,8,14-15H,7,9-12H2,1H3. The molecular formula is C22H21FN4O3. The summed E-state index contributed by atoms with van der Waals surface area (Å²) in [6.07, 6.45) is 0.947. The molecule has 2 aliphatic heterocycles. The van der Waals surface area contributed by atoms with Gasteiger partial charge in [0.1, 0.15) is 18.2 Å². The van der Waals surface area contributed by atoms with Gasteiger partial charge >= 0.3 is 0 Å². The number of rotatable bonds is 2. The molecule has 7 nitrogen and oxygen atoms in total. The molecule has 8 heteroatoms. The number of hydrogen-bond donors (Lipinski definition) is 0. The predicted molar refractivity (Wildman–Crippen MR) is 109 cm³/mol. The SMILES string of the molecule is Cc1nc2ccc(F)cc2c(=O)n1CC(=O)N1CC2CC(C1)c1cccc(=O)n1C2. The Morgan fingerprint density at radius 3 is 2.83 bits per heavy atom. The number of aryl methyl sites for hydroxylation is 1. The number of halogens is 1. The zero-order chi connectivity index (χ0) is 21.0. The minimum absolute atomic E-state index is 0.00127. The Morgan fingerprint density at radius 1 is 1.17 bits per heavy atom. The molecule has 3 aromatic rings. The van der Waals surface area contributed by atoms with Crippen molar-refractivity contribution in [3.05, 3.63) is 74.4 Å². The number of carbonyl (C=O) groups is 1. The molecular weight excluding hydrogens is 387 g/mol. The second kappa shape index (κ2) is 6.90. The van der Waals surface area contributed by atoms with Gasteiger partial charge in [-0.3, -0.25) is 19.0 Å². The number of nitrogens with zero attached hydrogens (tertiary/aromatic N) is 4. The second-order valence-corrected chi connectivity index (χ2v) is 8.21. The number of carbonyl (C=O) groups excluding carboxylic acids is 1. The first-order valence-corrected chi connectivity index (χ1v) is 10.0. The van der Waals surface area contributed by atoms with Crippen molar-refractivity contribution in [1.29, 1.82) is 0 Å². The molecule has 30 heavy (non-hydrogen) atoms. The Kier molecular flexibility index (Phi) is 4.30. The number of hydrogen-bond acceptors (Lipinski definition) is 4. The highest BCUT2D eigenvalue weighted by Gasteiger charge is 2.36. The maximum atomic E-state index is 13.6. The van der Waals surface area contributed by atoms with Crippen LogP contribution in [0.5, 0.6) is 0 Å². The van der Waals surface area contributed by atoms with E-state index in [0.29, 0.717) is 31.0 Å². The largest absolute Gasteiger partial charge is 0.340 e. The lowest BCUT2D eigenvalue weighted by Crippen LogP contribution is -2.50. The Morgan fingerprint density at radius 2 is 2.00 bits per heavy atom. The van der Waals surface area contributed by atoms with Crippen LogP contribution in [0.3, 0.4) is 0 Å². The van der Waals surface area contributed by atoms with Gasteiger partial charge in [-0.15, -0.1) is 0 Å².